The van der Waals surface area contributed by atoms with Crippen LogP contribution in [0.5, 0.6) is 0 Å². The summed E-state index contributed by atoms with van der Waals surface area (Å²) in [5.41, 5.74) is 8.81. The highest BCUT2D eigenvalue weighted by Crippen LogP contribution is 2.39. The molecule has 2 aliphatic carbocycles. The van der Waals surface area contributed by atoms with Crippen LogP contribution in [0.15, 0.2) is 54.6 Å². The number of benzene rings is 2. The molecule has 0 radical (unpaired) electrons. The van der Waals surface area contributed by atoms with Crippen molar-refractivity contribution in [2.24, 2.45) is 17.8 Å². The van der Waals surface area contributed by atoms with E-state index in [9.17, 15) is 0 Å². The summed E-state index contributed by atoms with van der Waals surface area (Å²) in [6.07, 6.45) is 13.6. The van der Waals surface area contributed by atoms with Gasteiger partial charge in [0, 0.05) is 0 Å². The first-order chi connectivity index (χ1) is 15.0. The number of allylic oxidation sites excluding steroid dienone is 1. The van der Waals surface area contributed by atoms with Crippen LogP contribution in [0.3, 0.4) is 0 Å². The van der Waals surface area contributed by atoms with Crippen molar-refractivity contribution >= 4 is 0 Å². The maximum atomic E-state index is 4.40. The van der Waals surface area contributed by atoms with Crippen molar-refractivity contribution in [3.8, 4) is 11.1 Å². The van der Waals surface area contributed by atoms with Gasteiger partial charge in [0.25, 0.3) is 0 Å². The maximum Gasteiger partial charge on any atom is -0.0162 e. The van der Waals surface area contributed by atoms with Crippen LogP contribution >= 0.6 is 0 Å². The van der Waals surface area contributed by atoms with E-state index in [0.29, 0.717) is 5.92 Å². The zero-order chi connectivity index (χ0) is 21.8. The molecular formula is C31H42. The Morgan fingerprint density at radius 3 is 2.16 bits per heavy atom. The molecule has 2 saturated carbocycles. The summed E-state index contributed by atoms with van der Waals surface area (Å²) in [5.74, 6) is 2.99. The van der Waals surface area contributed by atoms with E-state index in [2.05, 4.69) is 69.8 Å². The Labute approximate surface area is 191 Å². The zero-order valence-corrected chi connectivity index (χ0v) is 20.1. The molecule has 0 atom stereocenters. The highest BCUT2D eigenvalue weighted by molar-refractivity contribution is 5.66. The van der Waals surface area contributed by atoms with Crippen molar-refractivity contribution in [3.63, 3.8) is 0 Å². The van der Waals surface area contributed by atoms with E-state index in [0.717, 1.165) is 17.8 Å². The van der Waals surface area contributed by atoms with Crippen LogP contribution in [0.2, 0.25) is 0 Å². The van der Waals surface area contributed by atoms with E-state index in [1.54, 1.807) is 11.1 Å². The molecule has 0 nitrogen and oxygen atoms in total. The lowest BCUT2D eigenvalue weighted by Gasteiger charge is -2.31. The van der Waals surface area contributed by atoms with Crippen molar-refractivity contribution in [1.29, 1.82) is 0 Å². The summed E-state index contributed by atoms with van der Waals surface area (Å²) in [5, 5.41) is 0. The Bertz CT molecular complexity index is 855. The van der Waals surface area contributed by atoms with Crippen LogP contribution in [-0.4, -0.2) is 0 Å². The number of rotatable bonds is 6. The Morgan fingerprint density at radius 2 is 1.52 bits per heavy atom. The minimum atomic E-state index is 0.630. The van der Waals surface area contributed by atoms with Gasteiger partial charge in [0.1, 0.15) is 0 Å². The third-order valence-corrected chi connectivity index (χ3v) is 8.11. The lowest BCUT2D eigenvalue weighted by molar-refractivity contribution is 0.290. The van der Waals surface area contributed by atoms with Gasteiger partial charge in [-0.3, -0.25) is 0 Å². The fourth-order valence-electron chi connectivity index (χ4n) is 5.96. The van der Waals surface area contributed by atoms with Gasteiger partial charge in [-0.1, -0.05) is 93.3 Å². The second-order valence-electron chi connectivity index (χ2n) is 10.8. The lowest BCUT2D eigenvalue weighted by atomic mass is 9.74. The first-order valence-electron chi connectivity index (χ1n) is 12.9. The topological polar surface area (TPSA) is 0 Å². The van der Waals surface area contributed by atoms with E-state index >= 15 is 0 Å². The third-order valence-electron chi connectivity index (χ3n) is 8.11. The number of hydrogen-bond acceptors (Lipinski definition) is 0. The summed E-state index contributed by atoms with van der Waals surface area (Å²) in [6, 6.07) is 16.7. The highest BCUT2D eigenvalue weighted by Gasteiger charge is 2.25. The molecule has 2 aromatic rings. The van der Waals surface area contributed by atoms with Crippen molar-refractivity contribution < 1.29 is 0 Å². The average Bonchev–Trinajstić information content (AvgIpc) is 2.80. The van der Waals surface area contributed by atoms with Gasteiger partial charge in [-0.25, -0.2) is 0 Å². The van der Waals surface area contributed by atoms with Gasteiger partial charge < -0.3 is 0 Å². The van der Waals surface area contributed by atoms with Gasteiger partial charge in [0.2, 0.25) is 0 Å². The van der Waals surface area contributed by atoms with Crippen LogP contribution in [0, 0.1) is 24.7 Å². The Hall–Kier alpha value is -1.82. The minimum absolute atomic E-state index is 0.630. The summed E-state index contributed by atoms with van der Waals surface area (Å²) in [6.45, 7) is 11.2. The van der Waals surface area contributed by atoms with Gasteiger partial charge >= 0.3 is 0 Å². The molecule has 31 heavy (non-hydrogen) atoms. The quantitative estimate of drug-likeness (QED) is 0.413. The number of hydrogen-bond donors (Lipinski definition) is 0. The van der Waals surface area contributed by atoms with Gasteiger partial charge in [0.15, 0.2) is 0 Å². The summed E-state index contributed by atoms with van der Waals surface area (Å²) >= 11 is 0. The maximum absolute atomic E-state index is 4.40. The van der Waals surface area contributed by atoms with E-state index in [-0.39, 0.29) is 0 Å². The molecule has 0 heteroatoms. The molecule has 0 unspecified atom stereocenters. The first-order valence-corrected chi connectivity index (χ1v) is 12.9. The van der Waals surface area contributed by atoms with E-state index in [1.807, 2.05) is 0 Å². The lowest BCUT2D eigenvalue weighted by Crippen LogP contribution is -2.19. The summed E-state index contributed by atoms with van der Waals surface area (Å²) < 4.78 is 0. The molecule has 0 N–H and O–H groups in total. The van der Waals surface area contributed by atoms with Crippen LogP contribution in [0.1, 0.15) is 94.2 Å². The fourth-order valence-corrected chi connectivity index (χ4v) is 5.96. The van der Waals surface area contributed by atoms with Crippen LogP contribution in [0.25, 0.3) is 11.1 Å². The second kappa shape index (κ2) is 10.2. The van der Waals surface area contributed by atoms with Crippen LogP contribution in [-0.2, 0) is 6.42 Å². The second-order valence-corrected chi connectivity index (χ2v) is 10.8. The Balaban J connectivity index is 1.53. The smallest absolute Gasteiger partial charge is 0.0162 e. The molecule has 0 saturated heterocycles. The van der Waals surface area contributed by atoms with Gasteiger partial charge in [-0.2, -0.15) is 0 Å². The molecule has 0 amide bonds. The van der Waals surface area contributed by atoms with E-state index < -0.39 is 0 Å². The van der Waals surface area contributed by atoms with Gasteiger partial charge in [-0.15, -0.1) is 0 Å². The van der Waals surface area contributed by atoms with Crippen molar-refractivity contribution in [2.75, 3.05) is 0 Å². The van der Waals surface area contributed by atoms with Crippen LogP contribution < -0.4 is 0 Å². The molecule has 166 valence electrons. The normalized spacial score (nSPS) is 22.6. The Morgan fingerprint density at radius 1 is 0.839 bits per heavy atom. The first kappa shape index (κ1) is 22.4. The predicted molar refractivity (Wildman–Crippen MR) is 136 cm³/mol. The standard InChI is InChI=1S/C31H42/c1-22(2)24(4)27-16-12-25(13-17-27)18-26-19-30(28-8-6-5-7-9-28)21-31(20-26)29-14-10-23(3)11-15-29/h10-11,14-15,19-22,25,27-28H,4-9,12-13,16-18H2,1-3H3. The highest BCUT2D eigenvalue weighted by atomic mass is 14.3. The molecule has 0 aliphatic heterocycles. The van der Waals surface area contributed by atoms with E-state index in [4.69, 9.17) is 0 Å². The zero-order valence-electron chi connectivity index (χ0n) is 20.1. The van der Waals surface area contributed by atoms with Crippen molar-refractivity contribution in [2.45, 2.75) is 90.9 Å². The summed E-state index contributed by atoms with van der Waals surface area (Å²) in [7, 11) is 0. The van der Waals surface area contributed by atoms with Gasteiger partial charge in [-0.05, 0) is 97.8 Å². The molecule has 2 aliphatic rings. The van der Waals surface area contributed by atoms with Crippen LogP contribution in [0.4, 0.5) is 0 Å². The molecule has 2 fully saturated rings. The van der Waals surface area contributed by atoms with Crippen molar-refractivity contribution in [1.82, 2.24) is 0 Å². The molecule has 0 heterocycles. The molecular weight excluding hydrogens is 372 g/mol. The molecule has 0 bridgehead atoms. The van der Waals surface area contributed by atoms with E-state index in [1.165, 1.54) is 86.5 Å². The third kappa shape index (κ3) is 5.71. The largest absolute Gasteiger partial charge is 0.0993 e. The average molecular weight is 415 g/mol. The molecule has 4 rings (SSSR count). The Kier molecular flexibility index (Phi) is 7.36. The van der Waals surface area contributed by atoms with Crippen molar-refractivity contribution in [3.05, 3.63) is 71.3 Å². The summed E-state index contributed by atoms with van der Waals surface area (Å²) in [4.78, 5) is 0. The monoisotopic (exact) mass is 414 g/mol. The van der Waals surface area contributed by atoms with Gasteiger partial charge in [0.05, 0.1) is 0 Å². The molecule has 2 aromatic carbocycles. The molecule has 0 aromatic heterocycles. The SMILES string of the molecule is C=C(C(C)C)C1CCC(Cc2cc(-c3ccc(C)cc3)cc(C3CCCCC3)c2)CC1. The minimum Gasteiger partial charge on any atom is -0.0993 e. The molecule has 0 spiro atoms. The predicted octanol–water partition coefficient (Wildman–Crippen LogP) is 9.27. The fraction of sp³-hybridized carbons (Fsp3) is 0.548. The number of aryl methyl sites for hydroxylation is 1.